The second kappa shape index (κ2) is 4.34. The topological polar surface area (TPSA) is 60.6 Å². The van der Waals surface area contributed by atoms with Gasteiger partial charge in [0.2, 0.25) is 0 Å². The minimum Gasteiger partial charge on any atom is -0.340 e. The number of nitrogens with zero attached hydrogens (tertiary/aromatic N) is 5. The molecule has 0 saturated carbocycles. The summed E-state index contributed by atoms with van der Waals surface area (Å²) in [6.45, 7) is 0. The lowest BCUT2D eigenvalue weighted by molar-refractivity contribution is 0.588. The summed E-state index contributed by atoms with van der Waals surface area (Å²) in [5.41, 5.74) is 1.90. The average Bonchev–Trinajstić information content (AvgIpc) is 2.80. The van der Waals surface area contributed by atoms with Crippen LogP contribution >= 0.6 is 15.9 Å². The molecule has 2 heterocycles. The number of imidazole rings is 1. The largest absolute Gasteiger partial charge is 0.340 e. The molecule has 0 aliphatic carbocycles. The molecule has 2 rings (SSSR count). The van der Waals surface area contributed by atoms with Crippen molar-refractivity contribution in [3.05, 3.63) is 28.5 Å². The Hall–Kier alpha value is -1.21. The molecule has 0 bridgehead atoms. The van der Waals surface area contributed by atoms with E-state index in [1.807, 2.05) is 31.9 Å². The molecule has 0 fully saturated rings. The van der Waals surface area contributed by atoms with E-state index >= 15 is 0 Å². The predicted molar refractivity (Wildman–Crippen MR) is 62.8 cm³/mol. The highest BCUT2D eigenvalue weighted by Gasteiger charge is 2.22. The Morgan fingerprint density at radius 2 is 2.19 bits per heavy atom. The molecule has 1 N–H and O–H groups in total. The number of rotatable bonds is 3. The molecular formula is C9H13BrN6. The molecule has 86 valence electrons. The van der Waals surface area contributed by atoms with Gasteiger partial charge in [-0.05, 0) is 23.0 Å². The maximum Gasteiger partial charge on any atom is 0.153 e. The van der Waals surface area contributed by atoms with Crippen LogP contribution in [-0.2, 0) is 14.1 Å². The van der Waals surface area contributed by atoms with Gasteiger partial charge in [-0.15, -0.1) is 5.10 Å². The number of aromatic nitrogens is 5. The van der Waals surface area contributed by atoms with Crippen LogP contribution in [-0.4, -0.2) is 31.6 Å². The standard InChI is InChI=1S/C9H13BrN6/c1-11-7(6-4-15(2)5-12-6)8-9(10)13-14-16(8)3/h4-5,7,11H,1-3H3. The first kappa shape index (κ1) is 11.3. The lowest BCUT2D eigenvalue weighted by Crippen LogP contribution is -2.21. The van der Waals surface area contributed by atoms with E-state index in [-0.39, 0.29) is 6.04 Å². The zero-order valence-electron chi connectivity index (χ0n) is 9.35. The third-order valence-electron chi connectivity index (χ3n) is 2.41. The summed E-state index contributed by atoms with van der Waals surface area (Å²) < 4.78 is 4.39. The fourth-order valence-corrected chi connectivity index (χ4v) is 2.21. The van der Waals surface area contributed by atoms with E-state index in [4.69, 9.17) is 0 Å². The van der Waals surface area contributed by atoms with Gasteiger partial charge in [0.15, 0.2) is 4.60 Å². The van der Waals surface area contributed by atoms with Crippen LogP contribution in [0.15, 0.2) is 17.1 Å². The van der Waals surface area contributed by atoms with Crippen LogP contribution in [0.4, 0.5) is 0 Å². The zero-order valence-corrected chi connectivity index (χ0v) is 10.9. The average molecular weight is 285 g/mol. The van der Waals surface area contributed by atoms with Crippen LogP contribution in [0.25, 0.3) is 0 Å². The van der Waals surface area contributed by atoms with Gasteiger partial charge < -0.3 is 9.88 Å². The van der Waals surface area contributed by atoms with E-state index in [9.17, 15) is 0 Å². The maximum absolute atomic E-state index is 4.34. The van der Waals surface area contributed by atoms with Crippen molar-refractivity contribution in [3.63, 3.8) is 0 Å². The van der Waals surface area contributed by atoms with Gasteiger partial charge in [-0.2, -0.15) is 0 Å². The number of halogens is 1. The molecule has 1 unspecified atom stereocenters. The monoisotopic (exact) mass is 284 g/mol. The molecule has 0 amide bonds. The summed E-state index contributed by atoms with van der Waals surface area (Å²) in [6, 6.07) is -0.0180. The third kappa shape index (κ3) is 1.88. The van der Waals surface area contributed by atoms with Gasteiger partial charge in [-0.25, -0.2) is 9.67 Å². The molecule has 1 atom stereocenters. The van der Waals surface area contributed by atoms with Crippen LogP contribution in [0.1, 0.15) is 17.4 Å². The molecule has 2 aromatic rings. The second-order valence-corrected chi connectivity index (χ2v) is 4.33. The van der Waals surface area contributed by atoms with Crippen molar-refractivity contribution in [2.45, 2.75) is 6.04 Å². The molecule has 0 spiro atoms. The Bertz CT molecular complexity index is 468. The Morgan fingerprint density at radius 3 is 2.62 bits per heavy atom. The van der Waals surface area contributed by atoms with Crippen molar-refractivity contribution in [2.75, 3.05) is 7.05 Å². The minimum atomic E-state index is -0.0180. The van der Waals surface area contributed by atoms with Crippen molar-refractivity contribution < 1.29 is 0 Å². The molecule has 0 aliphatic rings. The minimum absolute atomic E-state index is 0.0180. The van der Waals surface area contributed by atoms with Crippen LogP contribution in [0.2, 0.25) is 0 Å². The van der Waals surface area contributed by atoms with Crippen molar-refractivity contribution >= 4 is 15.9 Å². The van der Waals surface area contributed by atoms with Gasteiger partial charge in [0, 0.05) is 20.3 Å². The Labute approximate surface area is 102 Å². The summed E-state index contributed by atoms with van der Waals surface area (Å²) in [4.78, 5) is 4.34. The molecule has 0 aliphatic heterocycles. The smallest absolute Gasteiger partial charge is 0.153 e. The maximum atomic E-state index is 4.34. The van der Waals surface area contributed by atoms with Crippen molar-refractivity contribution in [1.82, 2.24) is 29.9 Å². The highest BCUT2D eigenvalue weighted by Crippen LogP contribution is 2.24. The Balaban J connectivity index is 2.44. The number of hydrogen-bond acceptors (Lipinski definition) is 4. The summed E-state index contributed by atoms with van der Waals surface area (Å²) in [5, 5.41) is 11.1. The first-order valence-electron chi connectivity index (χ1n) is 4.83. The van der Waals surface area contributed by atoms with E-state index < -0.39 is 0 Å². The number of hydrogen-bond donors (Lipinski definition) is 1. The van der Waals surface area contributed by atoms with Crippen LogP contribution in [0.5, 0.6) is 0 Å². The second-order valence-electron chi connectivity index (χ2n) is 3.57. The van der Waals surface area contributed by atoms with Crippen LogP contribution in [0, 0.1) is 0 Å². The van der Waals surface area contributed by atoms with Gasteiger partial charge in [0.25, 0.3) is 0 Å². The lowest BCUT2D eigenvalue weighted by Gasteiger charge is -2.13. The molecule has 7 heteroatoms. The van der Waals surface area contributed by atoms with Crippen molar-refractivity contribution in [1.29, 1.82) is 0 Å². The van der Waals surface area contributed by atoms with E-state index in [0.717, 1.165) is 16.0 Å². The quantitative estimate of drug-likeness (QED) is 0.898. The third-order valence-corrected chi connectivity index (χ3v) is 2.97. The Kier molecular flexibility index (Phi) is 3.06. The van der Waals surface area contributed by atoms with E-state index in [1.165, 1.54) is 0 Å². The van der Waals surface area contributed by atoms with Gasteiger partial charge in [0.1, 0.15) is 0 Å². The van der Waals surface area contributed by atoms with Gasteiger partial charge in [0.05, 0.1) is 23.8 Å². The van der Waals surface area contributed by atoms with Gasteiger partial charge in [-0.1, -0.05) is 5.21 Å². The Morgan fingerprint density at radius 1 is 1.44 bits per heavy atom. The molecule has 0 radical (unpaired) electrons. The van der Waals surface area contributed by atoms with Crippen LogP contribution in [0.3, 0.4) is 0 Å². The highest BCUT2D eigenvalue weighted by molar-refractivity contribution is 9.10. The summed E-state index contributed by atoms with van der Waals surface area (Å²) in [7, 11) is 5.69. The van der Waals surface area contributed by atoms with Gasteiger partial charge in [-0.3, -0.25) is 0 Å². The number of nitrogens with one attached hydrogen (secondary N) is 1. The fourth-order valence-electron chi connectivity index (χ4n) is 1.65. The predicted octanol–water partition coefficient (Wildman–Crippen LogP) is 0.620. The first-order chi connectivity index (χ1) is 7.63. The van der Waals surface area contributed by atoms with Crippen LogP contribution < -0.4 is 5.32 Å². The number of aryl methyl sites for hydroxylation is 2. The SMILES string of the molecule is CNC(c1cn(C)cn1)c1c(Br)nnn1C. The molecule has 0 aromatic carbocycles. The summed E-state index contributed by atoms with van der Waals surface area (Å²) in [5.74, 6) is 0. The van der Waals surface area contributed by atoms with E-state index in [2.05, 4.69) is 36.5 Å². The van der Waals surface area contributed by atoms with Crippen molar-refractivity contribution in [3.8, 4) is 0 Å². The van der Waals surface area contributed by atoms with E-state index in [0.29, 0.717) is 0 Å². The molecule has 16 heavy (non-hydrogen) atoms. The highest BCUT2D eigenvalue weighted by atomic mass is 79.9. The lowest BCUT2D eigenvalue weighted by atomic mass is 10.1. The van der Waals surface area contributed by atoms with Crippen molar-refractivity contribution in [2.24, 2.45) is 14.1 Å². The molecular weight excluding hydrogens is 272 g/mol. The zero-order chi connectivity index (χ0) is 11.7. The molecule has 0 saturated heterocycles. The summed E-state index contributed by atoms with van der Waals surface area (Å²) >= 11 is 3.39. The molecule has 6 nitrogen and oxygen atoms in total. The first-order valence-corrected chi connectivity index (χ1v) is 5.63. The fraction of sp³-hybridized carbons (Fsp3) is 0.444. The summed E-state index contributed by atoms with van der Waals surface area (Å²) in [6.07, 6.45) is 3.75. The van der Waals surface area contributed by atoms with Gasteiger partial charge >= 0.3 is 0 Å². The molecule has 2 aromatic heterocycles. The van der Waals surface area contributed by atoms with E-state index in [1.54, 1.807) is 11.0 Å². The normalized spacial score (nSPS) is 13.0.